The van der Waals surface area contributed by atoms with Gasteiger partial charge in [-0.05, 0) is 31.2 Å². The van der Waals surface area contributed by atoms with E-state index in [1.165, 1.54) is 0 Å². The van der Waals surface area contributed by atoms with Gasteiger partial charge in [-0.1, -0.05) is 25.1 Å². The third kappa shape index (κ3) is 3.73. The van der Waals surface area contributed by atoms with Crippen molar-refractivity contribution in [2.75, 3.05) is 20.8 Å². The summed E-state index contributed by atoms with van der Waals surface area (Å²) < 4.78 is 11.1. The maximum atomic E-state index is 5.66. The number of rotatable bonds is 7. The fraction of sp³-hybridized carbons (Fsp3) is 0.353. The van der Waals surface area contributed by atoms with Gasteiger partial charge in [-0.15, -0.1) is 0 Å². The highest BCUT2D eigenvalue weighted by Gasteiger charge is 2.17. The predicted octanol–water partition coefficient (Wildman–Crippen LogP) is 3.19. The number of hydrogen-bond acceptors (Lipinski definition) is 4. The minimum absolute atomic E-state index is 0.0128. The molecule has 2 rings (SSSR count). The fourth-order valence-electron chi connectivity index (χ4n) is 2.30. The van der Waals surface area contributed by atoms with Gasteiger partial charge in [0.05, 0.1) is 26.0 Å². The van der Waals surface area contributed by atoms with E-state index in [9.17, 15) is 0 Å². The van der Waals surface area contributed by atoms with Gasteiger partial charge in [-0.2, -0.15) is 0 Å². The third-order valence-corrected chi connectivity index (χ3v) is 3.28. The van der Waals surface area contributed by atoms with Crippen LogP contribution in [0.25, 0.3) is 0 Å². The van der Waals surface area contributed by atoms with Crippen LogP contribution < -0.4 is 14.8 Å². The first-order valence-corrected chi connectivity index (χ1v) is 7.18. The number of methoxy groups -OCH3 is 1. The zero-order valence-corrected chi connectivity index (χ0v) is 12.8. The number of nitrogens with zero attached hydrogens (tertiary/aromatic N) is 1. The Morgan fingerprint density at radius 3 is 2.76 bits per heavy atom. The van der Waals surface area contributed by atoms with Crippen molar-refractivity contribution in [2.24, 2.45) is 0 Å². The molecule has 0 fully saturated rings. The minimum Gasteiger partial charge on any atom is -0.496 e. The van der Waals surface area contributed by atoms with Crippen molar-refractivity contribution in [2.45, 2.75) is 19.4 Å². The molecule has 1 heterocycles. The molecule has 21 heavy (non-hydrogen) atoms. The second-order valence-electron chi connectivity index (χ2n) is 4.77. The second kappa shape index (κ2) is 7.64. The molecule has 1 N–H and O–H groups in total. The average Bonchev–Trinajstić information content (AvgIpc) is 2.54. The summed E-state index contributed by atoms with van der Waals surface area (Å²) in [7, 11) is 3.61. The van der Waals surface area contributed by atoms with Crippen molar-refractivity contribution in [1.82, 2.24) is 10.3 Å². The first-order valence-electron chi connectivity index (χ1n) is 7.18. The van der Waals surface area contributed by atoms with Gasteiger partial charge in [0.2, 0.25) is 0 Å². The van der Waals surface area contributed by atoms with Gasteiger partial charge in [0.25, 0.3) is 0 Å². The molecule has 0 radical (unpaired) electrons. The van der Waals surface area contributed by atoms with Crippen LogP contribution in [-0.2, 0) is 0 Å². The van der Waals surface area contributed by atoms with Crippen LogP contribution in [-0.4, -0.2) is 25.7 Å². The van der Waals surface area contributed by atoms with E-state index in [2.05, 4.69) is 23.3 Å². The van der Waals surface area contributed by atoms with E-state index in [1.807, 2.05) is 37.5 Å². The summed E-state index contributed by atoms with van der Waals surface area (Å²) in [6.07, 6.45) is 4.58. The molecule has 0 aliphatic rings. The number of aromatic nitrogens is 1. The Bertz CT molecular complexity index is 572. The summed E-state index contributed by atoms with van der Waals surface area (Å²) in [5.41, 5.74) is 2.13. The SMILES string of the molecule is CCCOc1cncc(C(NC)c2ccccc2OC)c1. The number of para-hydroxylation sites is 1. The molecule has 0 saturated heterocycles. The molecule has 4 heteroatoms. The molecule has 112 valence electrons. The quantitative estimate of drug-likeness (QED) is 0.849. The van der Waals surface area contributed by atoms with E-state index in [0.29, 0.717) is 6.61 Å². The molecule has 0 aliphatic heterocycles. The lowest BCUT2D eigenvalue weighted by Crippen LogP contribution is -2.18. The average molecular weight is 286 g/mol. The van der Waals surface area contributed by atoms with Crippen molar-refractivity contribution in [1.29, 1.82) is 0 Å². The Balaban J connectivity index is 2.32. The maximum absolute atomic E-state index is 5.66. The standard InChI is InChI=1S/C17H22N2O2/c1-4-9-21-14-10-13(11-19-12-14)17(18-2)15-7-5-6-8-16(15)20-3/h5-8,10-12,17-18H,4,9H2,1-3H3. The van der Waals surface area contributed by atoms with Crippen molar-refractivity contribution < 1.29 is 9.47 Å². The van der Waals surface area contributed by atoms with Crippen LogP contribution in [0.5, 0.6) is 11.5 Å². The Labute approximate surface area is 126 Å². The fourth-order valence-corrected chi connectivity index (χ4v) is 2.30. The van der Waals surface area contributed by atoms with Crippen LogP contribution in [0.3, 0.4) is 0 Å². The highest BCUT2D eigenvalue weighted by molar-refractivity contribution is 5.42. The Morgan fingerprint density at radius 1 is 1.24 bits per heavy atom. The first kappa shape index (κ1) is 15.3. The van der Waals surface area contributed by atoms with E-state index < -0.39 is 0 Å². The number of pyridine rings is 1. The molecule has 0 spiro atoms. The largest absolute Gasteiger partial charge is 0.496 e. The van der Waals surface area contributed by atoms with Crippen LogP contribution >= 0.6 is 0 Å². The third-order valence-electron chi connectivity index (χ3n) is 3.28. The lowest BCUT2D eigenvalue weighted by atomic mass is 9.99. The second-order valence-corrected chi connectivity index (χ2v) is 4.77. The van der Waals surface area contributed by atoms with E-state index in [-0.39, 0.29) is 6.04 Å². The first-order chi connectivity index (χ1) is 10.3. The van der Waals surface area contributed by atoms with Crippen LogP contribution in [0.2, 0.25) is 0 Å². The van der Waals surface area contributed by atoms with Gasteiger partial charge in [0.1, 0.15) is 11.5 Å². The van der Waals surface area contributed by atoms with E-state index >= 15 is 0 Å². The van der Waals surface area contributed by atoms with Crippen LogP contribution in [0.1, 0.15) is 30.5 Å². The number of hydrogen-bond donors (Lipinski definition) is 1. The van der Waals surface area contributed by atoms with Gasteiger partial charge in [-0.25, -0.2) is 0 Å². The van der Waals surface area contributed by atoms with Crippen LogP contribution in [0.4, 0.5) is 0 Å². The van der Waals surface area contributed by atoms with Crippen molar-refractivity contribution in [3.8, 4) is 11.5 Å². The smallest absolute Gasteiger partial charge is 0.137 e. The minimum atomic E-state index is 0.0128. The molecule has 0 saturated carbocycles. The summed E-state index contributed by atoms with van der Waals surface area (Å²) in [4.78, 5) is 4.28. The monoisotopic (exact) mass is 286 g/mol. The number of benzene rings is 1. The summed E-state index contributed by atoms with van der Waals surface area (Å²) >= 11 is 0. The summed E-state index contributed by atoms with van der Waals surface area (Å²) in [5, 5.41) is 3.32. The zero-order valence-electron chi connectivity index (χ0n) is 12.8. The van der Waals surface area contributed by atoms with E-state index in [0.717, 1.165) is 29.0 Å². The van der Waals surface area contributed by atoms with E-state index in [1.54, 1.807) is 13.3 Å². The van der Waals surface area contributed by atoms with Gasteiger partial charge in [0, 0.05) is 11.8 Å². The molecular weight excluding hydrogens is 264 g/mol. The molecule has 4 nitrogen and oxygen atoms in total. The number of nitrogens with one attached hydrogen (secondary N) is 1. The predicted molar refractivity (Wildman–Crippen MR) is 83.9 cm³/mol. The lowest BCUT2D eigenvalue weighted by molar-refractivity contribution is 0.315. The molecule has 1 unspecified atom stereocenters. The van der Waals surface area contributed by atoms with Gasteiger partial charge >= 0.3 is 0 Å². The molecule has 1 atom stereocenters. The molecule has 1 aromatic heterocycles. The topological polar surface area (TPSA) is 43.4 Å². The Hall–Kier alpha value is -2.07. The molecule has 0 aliphatic carbocycles. The molecule has 2 aromatic rings. The Morgan fingerprint density at radius 2 is 2.05 bits per heavy atom. The molecule has 0 bridgehead atoms. The highest BCUT2D eigenvalue weighted by Crippen LogP contribution is 2.30. The zero-order chi connectivity index (χ0) is 15.1. The molecular formula is C17H22N2O2. The Kier molecular flexibility index (Phi) is 5.58. The van der Waals surface area contributed by atoms with Crippen molar-refractivity contribution in [3.63, 3.8) is 0 Å². The van der Waals surface area contributed by atoms with Gasteiger partial charge < -0.3 is 14.8 Å². The highest BCUT2D eigenvalue weighted by atomic mass is 16.5. The van der Waals surface area contributed by atoms with E-state index in [4.69, 9.17) is 9.47 Å². The normalized spacial score (nSPS) is 12.0. The van der Waals surface area contributed by atoms with Gasteiger partial charge in [0.15, 0.2) is 0 Å². The summed E-state index contributed by atoms with van der Waals surface area (Å²) in [6.45, 7) is 2.78. The van der Waals surface area contributed by atoms with Gasteiger partial charge in [-0.3, -0.25) is 4.98 Å². The van der Waals surface area contributed by atoms with Crippen molar-refractivity contribution >= 4 is 0 Å². The summed E-state index contributed by atoms with van der Waals surface area (Å²) in [5.74, 6) is 1.65. The summed E-state index contributed by atoms with van der Waals surface area (Å²) in [6, 6.07) is 10.0. The van der Waals surface area contributed by atoms with Crippen LogP contribution in [0.15, 0.2) is 42.7 Å². The maximum Gasteiger partial charge on any atom is 0.137 e. The molecule has 1 aromatic carbocycles. The number of ether oxygens (including phenoxy) is 2. The van der Waals surface area contributed by atoms with Crippen LogP contribution in [0, 0.1) is 0 Å². The lowest BCUT2D eigenvalue weighted by Gasteiger charge is -2.20. The van der Waals surface area contributed by atoms with Crippen molar-refractivity contribution in [3.05, 3.63) is 53.9 Å². The molecule has 0 amide bonds.